The van der Waals surface area contributed by atoms with Crippen molar-refractivity contribution in [3.63, 3.8) is 0 Å². The first-order valence-electron chi connectivity index (χ1n) is 2.94. The number of H-pyrrole nitrogens is 1. The smallest absolute Gasteiger partial charge is 0.0629 e. The Labute approximate surface area is 63.8 Å². The van der Waals surface area contributed by atoms with E-state index >= 15 is 0 Å². The molecule has 0 fully saturated rings. The highest BCUT2D eigenvalue weighted by Gasteiger charge is 2.08. The van der Waals surface area contributed by atoms with Crippen LogP contribution < -0.4 is 5.73 Å². The molecule has 1 atom stereocenters. The lowest BCUT2D eigenvalue weighted by atomic mass is 10.2. The van der Waals surface area contributed by atoms with Crippen LogP contribution in [-0.2, 0) is 0 Å². The quantitative estimate of drug-likeness (QED) is 0.595. The van der Waals surface area contributed by atoms with Gasteiger partial charge in [0, 0.05) is 18.0 Å². The summed E-state index contributed by atoms with van der Waals surface area (Å²) in [5.41, 5.74) is 6.24. The van der Waals surface area contributed by atoms with Crippen LogP contribution in [0.4, 0.5) is 0 Å². The van der Waals surface area contributed by atoms with Crippen molar-refractivity contribution < 1.29 is 5.11 Å². The summed E-state index contributed by atoms with van der Waals surface area (Å²) in [6.07, 6.45) is 3.32. The topological polar surface area (TPSA) is 62.0 Å². The molecule has 1 rings (SSSR count). The molecule has 3 nitrogen and oxygen atoms in total. The van der Waals surface area contributed by atoms with Crippen LogP contribution in [-0.4, -0.2) is 16.7 Å². The Kier molecular flexibility index (Phi) is 2.32. The first-order chi connectivity index (χ1) is 4.75. The standard InChI is InChI=1S/C6H9ClN2O/c7-5-2-9-1-4(5)6(8)3-10/h1-2,6,9-10H,3,8H2/t6-/m1/s1. The fourth-order valence-corrected chi connectivity index (χ4v) is 0.997. The van der Waals surface area contributed by atoms with Crippen molar-refractivity contribution >= 4 is 11.6 Å². The van der Waals surface area contributed by atoms with E-state index in [9.17, 15) is 0 Å². The zero-order valence-corrected chi connectivity index (χ0v) is 6.10. The van der Waals surface area contributed by atoms with Crippen molar-refractivity contribution in [3.8, 4) is 0 Å². The predicted octanol–water partition coefficient (Wildman–Crippen LogP) is 0.660. The van der Waals surface area contributed by atoms with Crippen LogP contribution in [0.3, 0.4) is 0 Å². The molecule has 0 spiro atoms. The van der Waals surface area contributed by atoms with Crippen molar-refractivity contribution in [2.24, 2.45) is 5.73 Å². The molecule has 0 aliphatic heterocycles. The van der Waals surface area contributed by atoms with Gasteiger partial charge >= 0.3 is 0 Å². The van der Waals surface area contributed by atoms with Gasteiger partial charge in [-0.1, -0.05) is 11.6 Å². The molecule has 0 saturated heterocycles. The van der Waals surface area contributed by atoms with E-state index in [4.69, 9.17) is 22.4 Å². The lowest BCUT2D eigenvalue weighted by Gasteiger charge is -2.04. The van der Waals surface area contributed by atoms with Gasteiger partial charge in [0.05, 0.1) is 17.7 Å². The van der Waals surface area contributed by atoms with E-state index < -0.39 is 0 Å². The Morgan fingerprint density at radius 1 is 1.70 bits per heavy atom. The molecule has 0 aliphatic rings. The summed E-state index contributed by atoms with van der Waals surface area (Å²) >= 11 is 5.69. The van der Waals surface area contributed by atoms with Gasteiger partial charge < -0.3 is 15.8 Å². The summed E-state index contributed by atoms with van der Waals surface area (Å²) in [7, 11) is 0. The van der Waals surface area contributed by atoms with Gasteiger partial charge in [0.25, 0.3) is 0 Å². The second kappa shape index (κ2) is 3.05. The molecule has 0 bridgehead atoms. The Morgan fingerprint density at radius 2 is 2.40 bits per heavy atom. The average molecular weight is 161 g/mol. The van der Waals surface area contributed by atoms with E-state index in [1.54, 1.807) is 12.4 Å². The highest BCUT2D eigenvalue weighted by Crippen LogP contribution is 2.19. The molecule has 1 aromatic heterocycles. The normalized spacial score (nSPS) is 13.5. The molecular formula is C6H9ClN2O. The van der Waals surface area contributed by atoms with Crippen LogP contribution in [0.1, 0.15) is 11.6 Å². The van der Waals surface area contributed by atoms with Gasteiger partial charge in [-0.3, -0.25) is 0 Å². The zero-order valence-electron chi connectivity index (χ0n) is 5.34. The molecule has 1 aromatic rings. The molecule has 0 aromatic carbocycles. The van der Waals surface area contributed by atoms with Crippen LogP contribution in [0.15, 0.2) is 12.4 Å². The summed E-state index contributed by atoms with van der Waals surface area (Å²) in [4.78, 5) is 2.79. The Hall–Kier alpha value is -0.510. The first-order valence-corrected chi connectivity index (χ1v) is 3.32. The van der Waals surface area contributed by atoms with Crippen LogP contribution >= 0.6 is 11.6 Å². The van der Waals surface area contributed by atoms with Gasteiger partial charge in [0.1, 0.15) is 0 Å². The van der Waals surface area contributed by atoms with Gasteiger partial charge in [-0.15, -0.1) is 0 Å². The van der Waals surface area contributed by atoms with Gasteiger partial charge in [-0.25, -0.2) is 0 Å². The van der Waals surface area contributed by atoms with Gasteiger partial charge in [0.15, 0.2) is 0 Å². The van der Waals surface area contributed by atoms with Gasteiger partial charge in [0.2, 0.25) is 0 Å². The molecule has 10 heavy (non-hydrogen) atoms. The minimum atomic E-state index is -0.376. The van der Waals surface area contributed by atoms with Crippen LogP contribution in [0.5, 0.6) is 0 Å². The fourth-order valence-electron chi connectivity index (χ4n) is 0.739. The number of aromatic amines is 1. The van der Waals surface area contributed by atoms with E-state index in [0.717, 1.165) is 5.56 Å². The fraction of sp³-hybridized carbons (Fsp3) is 0.333. The number of halogens is 1. The molecule has 1 heterocycles. The molecule has 0 unspecified atom stereocenters. The third kappa shape index (κ3) is 1.31. The first kappa shape index (κ1) is 7.60. The Balaban J connectivity index is 2.82. The summed E-state index contributed by atoms with van der Waals surface area (Å²) in [5.74, 6) is 0. The van der Waals surface area contributed by atoms with Crippen molar-refractivity contribution in [1.82, 2.24) is 4.98 Å². The Morgan fingerprint density at radius 3 is 2.80 bits per heavy atom. The van der Waals surface area contributed by atoms with E-state index in [-0.39, 0.29) is 12.6 Å². The average Bonchev–Trinajstić information content (AvgIpc) is 2.34. The maximum atomic E-state index is 8.63. The highest BCUT2D eigenvalue weighted by molar-refractivity contribution is 6.31. The van der Waals surface area contributed by atoms with E-state index in [0.29, 0.717) is 5.02 Å². The van der Waals surface area contributed by atoms with Crippen LogP contribution in [0.2, 0.25) is 5.02 Å². The highest BCUT2D eigenvalue weighted by atomic mass is 35.5. The van der Waals surface area contributed by atoms with Crippen molar-refractivity contribution in [1.29, 1.82) is 0 Å². The summed E-state index contributed by atoms with van der Waals surface area (Å²) in [5, 5.41) is 9.20. The molecule has 56 valence electrons. The summed E-state index contributed by atoms with van der Waals surface area (Å²) < 4.78 is 0. The lowest BCUT2D eigenvalue weighted by Crippen LogP contribution is -2.13. The molecule has 4 heteroatoms. The number of nitrogens with one attached hydrogen (secondary N) is 1. The van der Waals surface area contributed by atoms with Crippen molar-refractivity contribution in [3.05, 3.63) is 23.0 Å². The molecular weight excluding hydrogens is 152 g/mol. The number of hydrogen-bond donors (Lipinski definition) is 3. The second-order valence-corrected chi connectivity index (χ2v) is 2.45. The third-order valence-electron chi connectivity index (χ3n) is 1.32. The third-order valence-corrected chi connectivity index (χ3v) is 1.65. The minimum absolute atomic E-state index is 0.0857. The molecule has 0 radical (unpaired) electrons. The maximum Gasteiger partial charge on any atom is 0.0629 e. The number of aliphatic hydroxyl groups excluding tert-OH is 1. The van der Waals surface area contributed by atoms with Crippen LogP contribution in [0, 0.1) is 0 Å². The lowest BCUT2D eigenvalue weighted by molar-refractivity contribution is 0.268. The molecule has 0 amide bonds. The number of rotatable bonds is 2. The zero-order chi connectivity index (χ0) is 7.56. The maximum absolute atomic E-state index is 8.63. The number of aromatic nitrogens is 1. The Bertz CT molecular complexity index is 211. The largest absolute Gasteiger partial charge is 0.394 e. The summed E-state index contributed by atoms with van der Waals surface area (Å²) in [6.45, 7) is -0.0857. The number of aliphatic hydroxyl groups is 1. The molecule has 0 saturated carbocycles. The van der Waals surface area contributed by atoms with Gasteiger partial charge in [-0.05, 0) is 0 Å². The number of nitrogens with two attached hydrogens (primary N) is 1. The van der Waals surface area contributed by atoms with Crippen LogP contribution in [0.25, 0.3) is 0 Å². The van der Waals surface area contributed by atoms with E-state index in [1.165, 1.54) is 0 Å². The van der Waals surface area contributed by atoms with Crippen molar-refractivity contribution in [2.45, 2.75) is 6.04 Å². The number of hydrogen-bond acceptors (Lipinski definition) is 2. The molecule has 0 aliphatic carbocycles. The summed E-state index contributed by atoms with van der Waals surface area (Å²) in [6, 6.07) is -0.376. The van der Waals surface area contributed by atoms with E-state index in [1.807, 2.05) is 0 Å². The minimum Gasteiger partial charge on any atom is -0.394 e. The monoisotopic (exact) mass is 160 g/mol. The van der Waals surface area contributed by atoms with E-state index in [2.05, 4.69) is 4.98 Å². The predicted molar refractivity (Wildman–Crippen MR) is 39.8 cm³/mol. The SMILES string of the molecule is N[C@H](CO)c1c[nH]cc1Cl. The van der Waals surface area contributed by atoms with Gasteiger partial charge in [-0.2, -0.15) is 0 Å². The second-order valence-electron chi connectivity index (χ2n) is 2.05. The molecule has 4 N–H and O–H groups in total. The van der Waals surface area contributed by atoms with Crippen molar-refractivity contribution in [2.75, 3.05) is 6.61 Å².